The maximum absolute atomic E-state index is 13.2. The molecule has 1 unspecified atom stereocenters. The average molecular weight is 390 g/mol. The van der Waals surface area contributed by atoms with Crippen LogP contribution in [0.5, 0.6) is 0 Å². The molecule has 0 aliphatic heterocycles. The van der Waals surface area contributed by atoms with Gasteiger partial charge in [0.1, 0.15) is 22.4 Å². The highest BCUT2D eigenvalue weighted by molar-refractivity contribution is 7.16. The first-order chi connectivity index (χ1) is 13.7. The highest BCUT2D eigenvalue weighted by atomic mass is 32.1. The Hall–Kier alpha value is -3.66. The summed E-state index contributed by atoms with van der Waals surface area (Å²) in [5.74, 6) is 1.10. The van der Waals surface area contributed by atoms with Crippen LogP contribution in [0.15, 0.2) is 53.3 Å². The number of hydrogen-bond donors (Lipinski definition) is 2. The van der Waals surface area contributed by atoms with Crippen LogP contribution < -0.4 is 10.9 Å². The second-order valence-corrected chi connectivity index (χ2v) is 6.99. The van der Waals surface area contributed by atoms with Crippen molar-refractivity contribution in [2.45, 2.75) is 13.0 Å². The number of aromatic amines is 1. The van der Waals surface area contributed by atoms with E-state index in [-0.39, 0.29) is 11.6 Å². The molecule has 0 radical (unpaired) electrons. The first kappa shape index (κ1) is 16.5. The standard InChI is InChI=1S/C18H14N8OS/c1-10(24-15-12-14(20-7-19-12)21-8-22-15)17-25-16-13(28-9-23-16)18(27)26(17)11-5-3-2-4-6-11/h2-10H,1H3,(H2,19,20,21,22,24). The van der Waals surface area contributed by atoms with E-state index in [2.05, 4.69) is 35.2 Å². The molecule has 0 saturated heterocycles. The molecule has 0 aliphatic carbocycles. The Morgan fingerprint density at radius 3 is 2.86 bits per heavy atom. The summed E-state index contributed by atoms with van der Waals surface area (Å²) in [4.78, 5) is 37.7. The lowest BCUT2D eigenvalue weighted by Crippen LogP contribution is -2.27. The molecule has 0 spiro atoms. The van der Waals surface area contributed by atoms with Gasteiger partial charge in [-0.1, -0.05) is 18.2 Å². The Morgan fingerprint density at radius 1 is 1.14 bits per heavy atom. The SMILES string of the molecule is CC(Nc1ncnc2[nH]cnc12)c1nc2ncsc2c(=O)n1-c1ccccc1. The van der Waals surface area contributed by atoms with Crippen molar-refractivity contribution in [1.29, 1.82) is 0 Å². The first-order valence-corrected chi connectivity index (χ1v) is 9.42. The Balaban J connectivity index is 1.67. The van der Waals surface area contributed by atoms with E-state index in [4.69, 9.17) is 0 Å². The fourth-order valence-corrected chi connectivity index (χ4v) is 3.74. The third kappa shape index (κ3) is 2.62. The van der Waals surface area contributed by atoms with Crippen LogP contribution >= 0.6 is 11.3 Å². The van der Waals surface area contributed by atoms with Crippen LogP contribution in [0.25, 0.3) is 27.2 Å². The van der Waals surface area contributed by atoms with Gasteiger partial charge in [0.25, 0.3) is 5.56 Å². The summed E-state index contributed by atoms with van der Waals surface area (Å²) < 4.78 is 2.14. The lowest BCUT2D eigenvalue weighted by molar-refractivity contribution is 0.731. The lowest BCUT2D eigenvalue weighted by atomic mass is 10.2. The van der Waals surface area contributed by atoms with E-state index in [1.54, 1.807) is 16.4 Å². The molecule has 9 nitrogen and oxygen atoms in total. The topological polar surface area (TPSA) is 114 Å². The Kier molecular flexibility index (Phi) is 3.83. The van der Waals surface area contributed by atoms with Crippen molar-refractivity contribution < 1.29 is 0 Å². The molecule has 0 aliphatic rings. The van der Waals surface area contributed by atoms with E-state index in [0.717, 1.165) is 5.69 Å². The van der Waals surface area contributed by atoms with Crippen molar-refractivity contribution in [3.05, 3.63) is 64.7 Å². The lowest BCUT2D eigenvalue weighted by Gasteiger charge is -2.19. The number of benzene rings is 1. The molecule has 28 heavy (non-hydrogen) atoms. The van der Waals surface area contributed by atoms with E-state index in [0.29, 0.717) is 33.2 Å². The molecule has 1 aromatic carbocycles. The van der Waals surface area contributed by atoms with E-state index in [9.17, 15) is 4.79 Å². The second kappa shape index (κ2) is 6.50. The number of imidazole rings is 1. The van der Waals surface area contributed by atoms with Crippen LogP contribution in [0.1, 0.15) is 18.8 Å². The van der Waals surface area contributed by atoms with Crippen LogP contribution in [0, 0.1) is 0 Å². The second-order valence-electron chi connectivity index (χ2n) is 6.14. The van der Waals surface area contributed by atoms with Crippen molar-refractivity contribution in [3.63, 3.8) is 0 Å². The van der Waals surface area contributed by atoms with Gasteiger partial charge in [-0.2, -0.15) is 0 Å². The summed E-state index contributed by atoms with van der Waals surface area (Å²) in [6.07, 6.45) is 3.02. The van der Waals surface area contributed by atoms with Gasteiger partial charge in [-0.05, 0) is 19.1 Å². The van der Waals surface area contributed by atoms with Gasteiger partial charge in [0.05, 0.1) is 23.6 Å². The third-order valence-corrected chi connectivity index (χ3v) is 5.17. The molecular formula is C18H14N8OS. The molecule has 2 N–H and O–H groups in total. The molecule has 5 rings (SSSR count). The first-order valence-electron chi connectivity index (χ1n) is 8.54. The van der Waals surface area contributed by atoms with E-state index in [1.807, 2.05) is 37.3 Å². The molecule has 1 atom stereocenters. The fraction of sp³-hybridized carbons (Fsp3) is 0.111. The highest BCUT2D eigenvalue weighted by Gasteiger charge is 2.20. The number of para-hydroxylation sites is 1. The zero-order valence-electron chi connectivity index (χ0n) is 14.7. The molecule has 10 heteroatoms. The Morgan fingerprint density at radius 2 is 2.00 bits per heavy atom. The minimum atomic E-state index is -0.339. The minimum Gasteiger partial charge on any atom is -0.358 e. The zero-order valence-corrected chi connectivity index (χ0v) is 15.5. The van der Waals surface area contributed by atoms with Gasteiger partial charge in [0.15, 0.2) is 17.1 Å². The molecule has 5 aromatic rings. The average Bonchev–Trinajstić information content (AvgIpc) is 3.38. The number of nitrogens with zero attached hydrogens (tertiary/aromatic N) is 6. The van der Waals surface area contributed by atoms with Crippen molar-refractivity contribution in [1.82, 2.24) is 34.5 Å². The Labute approximate surface area is 162 Å². The van der Waals surface area contributed by atoms with Gasteiger partial charge < -0.3 is 10.3 Å². The number of thiazole rings is 1. The molecule has 4 heterocycles. The predicted molar refractivity (Wildman–Crippen MR) is 107 cm³/mol. The largest absolute Gasteiger partial charge is 0.358 e. The fourth-order valence-electron chi connectivity index (χ4n) is 3.09. The number of hydrogen-bond acceptors (Lipinski definition) is 8. The van der Waals surface area contributed by atoms with Gasteiger partial charge in [-0.3, -0.25) is 9.36 Å². The summed E-state index contributed by atoms with van der Waals surface area (Å²) in [6.45, 7) is 1.92. The molecular weight excluding hydrogens is 376 g/mol. The summed E-state index contributed by atoms with van der Waals surface area (Å²) in [6, 6.07) is 9.10. The number of nitrogens with one attached hydrogen (secondary N) is 2. The maximum Gasteiger partial charge on any atom is 0.277 e. The van der Waals surface area contributed by atoms with Crippen molar-refractivity contribution in [3.8, 4) is 5.69 Å². The van der Waals surface area contributed by atoms with Crippen LogP contribution in [-0.4, -0.2) is 34.5 Å². The molecule has 0 saturated carbocycles. The van der Waals surface area contributed by atoms with Crippen LogP contribution in [0.3, 0.4) is 0 Å². The monoisotopic (exact) mass is 390 g/mol. The molecule has 4 aromatic heterocycles. The van der Waals surface area contributed by atoms with Gasteiger partial charge in [-0.25, -0.2) is 24.9 Å². The normalized spacial score (nSPS) is 12.5. The van der Waals surface area contributed by atoms with Gasteiger partial charge in [0.2, 0.25) is 0 Å². The smallest absolute Gasteiger partial charge is 0.277 e. The zero-order chi connectivity index (χ0) is 19.1. The highest BCUT2D eigenvalue weighted by Crippen LogP contribution is 2.24. The number of aromatic nitrogens is 7. The molecule has 138 valence electrons. The van der Waals surface area contributed by atoms with Crippen LogP contribution in [-0.2, 0) is 0 Å². The van der Waals surface area contributed by atoms with E-state index >= 15 is 0 Å². The van der Waals surface area contributed by atoms with Crippen molar-refractivity contribution in [2.24, 2.45) is 0 Å². The summed E-state index contributed by atoms with van der Waals surface area (Å²) in [5.41, 5.74) is 3.93. The quantitative estimate of drug-likeness (QED) is 0.485. The summed E-state index contributed by atoms with van der Waals surface area (Å²) in [5, 5.41) is 3.30. The third-order valence-electron chi connectivity index (χ3n) is 4.37. The van der Waals surface area contributed by atoms with E-state index in [1.165, 1.54) is 17.7 Å². The van der Waals surface area contributed by atoms with Crippen LogP contribution in [0.4, 0.5) is 5.82 Å². The van der Waals surface area contributed by atoms with Crippen molar-refractivity contribution >= 4 is 38.7 Å². The number of fused-ring (bicyclic) bond motifs is 2. The molecule has 0 amide bonds. The van der Waals surface area contributed by atoms with Gasteiger partial charge >= 0.3 is 0 Å². The Bertz CT molecular complexity index is 1340. The number of H-pyrrole nitrogens is 1. The van der Waals surface area contributed by atoms with Gasteiger partial charge in [0, 0.05) is 0 Å². The minimum absolute atomic E-state index is 0.144. The number of rotatable bonds is 4. The summed E-state index contributed by atoms with van der Waals surface area (Å²) in [7, 11) is 0. The summed E-state index contributed by atoms with van der Waals surface area (Å²) >= 11 is 1.29. The maximum atomic E-state index is 13.2. The molecule has 0 fully saturated rings. The van der Waals surface area contributed by atoms with E-state index < -0.39 is 0 Å². The molecule has 0 bridgehead atoms. The predicted octanol–water partition coefficient (Wildman–Crippen LogP) is 2.68. The van der Waals surface area contributed by atoms with Crippen LogP contribution in [0.2, 0.25) is 0 Å². The van der Waals surface area contributed by atoms with Gasteiger partial charge in [-0.15, -0.1) is 11.3 Å². The number of anilines is 1. The van der Waals surface area contributed by atoms with Crippen molar-refractivity contribution in [2.75, 3.05) is 5.32 Å².